The highest BCUT2D eigenvalue weighted by molar-refractivity contribution is 6.02. The smallest absolute Gasteiger partial charge is 0.381 e. The molecule has 1 aromatic rings. The maximum atomic E-state index is 12.8. The van der Waals surface area contributed by atoms with Crippen LogP contribution in [-0.2, 0) is 15.8 Å². The molecule has 1 aromatic carbocycles. The summed E-state index contributed by atoms with van der Waals surface area (Å²) in [5.74, 6) is -0.248. The first-order chi connectivity index (χ1) is 12.3. The lowest BCUT2D eigenvalue weighted by molar-refractivity contribution is -0.142. The Bertz CT molecular complexity index is 746. The maximum Gasteiger partial charge on any atom is 0.416 e. The number of halogens is 3. The molecule has 1 N–H and O–H groups in total. The van der Waals surface area contributed by atoms with Crippen LogP contribution in [0.3, 0.4) is 0 Å². The number of amides is 2. The zero-order valence-electron chi connectivity index (χ0n) is 14.0. The molecular weight excluding hydrogens is 347 g/mol. The van der Waals surface area contributed by atoms with Crippen molar-refractivity contribution in [2.45, 2.75) is 56.8 Å². The summed E-state index contributed by atoms with van der Waals surface area (Å²) in [5, 5.41) is 12.3. The molecule has 138 valence electrons. The van der Waals surface area contributed by atoms with Crippen LogP contribution in [0.5, 0.6) is 0 Å². The SMILES string of the molecule is N#Cc1cc(C(F)(F)F)ccc1NC1CCC(N2C(=O)CCC2=O)CC1. The van der Waals surface area contributed by atoms with Crippen LogP contribution in [0.15, 0.2) is 18.2 Å². The molecular formula is C18H18F3N3O2. The molecule has 2 fully saturated rings. The molecule has 1 saturated carbocycles. The summed E-state index contributed by atoms with van der Waals surface area (Å²) >= 11 is 0. The summed E-state index contributed by atoms with van der Waals surface area (Å²) in [6, 6.07) is 4.77. The van der Waals surface area contributed by atoms with Gasteiger partial charge in [0.15, 0.2) is 0 Å². The van der Waals surface area contributed by atoms with Crippen LogP contribution >= 0.6 is 0 Å². The van der Waals surface area contributed by atoms with Crippen LogP contribution in [0.1, 0.15) is 49.7 Å². The number of carbonyl (C=O) groups is 2. The van der Waals surface area contributed by atoms with Gasteiger partial charge in [0, 0.05) is 24.9 Å². The van der Waals surface area contributed by atoms with Crippen molar-refractivity contribution in [3.63, 3.8) is 0 Å². The molecule has 0 radical (unpaired) electrons. The first kappa shape index (κ1) is 18.2. The van der Waals surface area contributed by atoms with Gasteiger partial charge in [-0.25, -0.2) is 0 Å². The zero-order valence-corrected chi connectivity index (χ0v) is 14.0. The first-order valence-electron chi connectivity index (χ1n) is 8.52. The van der Waals surface area contributed by atoms with Crippen molar-refractivity contribution in [1.29, 1.82) is 5.26 Å². The van der Waals surface area contributed by atoms with E-state index < -0.39 is 11.7 Å². The van der Waals surface area contributed by atoms with E-state index in [0.717, 1.165) is 12.1 Å². The maximum absolute atomic E-state index is 12.8. The molecule has 26 heavy (non-hydrogen) atoms. The number of carbonyl (C=O) groups excluding carboxylic acids is 2. The van der Waals surface area contributed by atoms with E-state index in [-0.39, 0.29) is 42.3 Å². The highest BCUT2D eigenvalue weighted by Crippen LogP contribution is 2.33. The van der Waals surface area contributed by atoms with E-state index in [1.807, 2.05) is 0 Å². The predicted molar refractivity (Wildman–Crippen MR) is 86.9 cm³/mol. The molecule has 1 aliphatic heterocycles. The number of hydrogen-bond acceptors (Lipinski definition) is 4. The Morgan fingerprint density at radius 3 is 2.23 bits per heavy atom. The number of nitrogens with zero attached hydrogens (tertiary/aromatic N) is 2. The molecule has 3 rings (SSSR count). The van der Waals surface area contributed by atoms with Crippen molar-refractivity contribution in [1.82, 2.24) is 4.90 Å². The quantitative estimate of drug-likeness (QED) is 0.833. The topological polar surface area (TPSA) is 73.2 Å². The van der Waals surface area contributed by atoms with Crippen LogP contribution in [0, 0.1) is 11.3 Å². The van der Waals surface area contributed by atoms with Crippen LogP contribution in [-0.4, -0.2) is 28.8 Å². The molecule has 1 saturated heterocycles. The monoisotopic (exact) mass is 365 g/mol. The van der Waals surface area contributed by atoms with Crippen LogP contribution in [0.2, 0.25) is 0 Å². The molecule has 2 aliphatic rings. The molecule has 0 aromatic heterocycles. The normalized spacial score (nSPS) is 23.8. The van der Waals surface area contributed by atoms with Crippen molar-refractivity contribution in [2.24, 2.45) is 0 Å². The first-order valence-corrected chi connectivity index (χ1v) is 8.52. The van der Waals surface area contributed by atoms with E-state index in [1.165, 1.54) is 11.0 Å². The van der Waals surface area contributed by atoms with Gasteiger partial charge in [0.25, 0.3) is 0 Å². The Morgan fingerprint density at radius 2 is 1.69 bits per heavy atom. The second kappa shape index (κ2) is 6.98. The molecule has 0 unspecified atom stereocenters. The predicted octanol–water partition coefficient (Wildman–Crippen LogP) is 3.45. The standard InChI is InChI=1S/C18H18F3N3O2/c19-18(20,21)12-1-6-15(11(9-12)10-22)23-13-2-4-14(5-3-13)24-16(25)7-8-17(24)26/h1,6,9,13-14,23H,2-5,7-8H2. The molecule has 1 aliphatic carbocycles. The third-order valence-electron chi connectivity index (χ3n) is 4.98. The summed E-state index contributed by atoms with van der Waals surface area (Å²) in [7, 11) is 0. The number of imide groups is 1. The summed E-state index contributed by atoms with van der Waals surface area (Å²) < 4.78 is 38.3. The lowest BCUT2D eigenvalue weighted by Gasteiger charge is -2.34. The fourth-order valence-electron chi connectivity index (χ4n) is 3.64. The van der Waals surface area contributed by atoms with Crippen LogP contribution in [0.4, 0.5) is 18.9 Å². The van der Waals surface area contributed by atoms with Gasteiger partial charge in [-0.2, -0.15) is 18.4 Å². The number of nitrogens with one attached hydrogen (secondary N) is 1. The Hall–Kier alpha value is -2.56. The minimum atomic E-state index is -4.49. The van der Waals surface area contributed by atoms with Gasteiger partial charge in [0.1, 0.15) is 6.07 Å². The average molecular weight is 365 g/mol. The van der Waals surface area contributed by atoms with E-state index in [9.17, 15) is 22.8 Å². The number of hydrogen-bond donors (Lipinski definition) is 1. The van der Waals surface area contributed by atoms with Gasteiger partial charge < -0.3 is 5.32 Å². The average Bonchev–Trinajstić information content (AvgIpc) is 2.94. The van der Waals surface area contributed by atoms with Gasteiger partial charge >= 0.3 is 6.18 Å². The number of rotatable bonds is 3. The van der Waals surface area contributed by atoms with Crippen LogP contribution in [0.25, 0.3) is 0 Å². The van der Waals surface area contributed by atoms with Crippen molar-refractivity contribution >= 4 is 17.5 Å². The molecule has 0 spiro atoms. The Kier molecular flexibility index (Phi) is 4.90. The third-order valence-corrected chi connectivity index (χ3v) is 4.98. The summed E-state index contributed by atoms with van der Waals surface area (Å²) in [5.41, 5.74) is -0.529. The molecule has 0 bridgehead atoms. The van der Waals surface area contributed by atoms with Crippen molar-refractivity contribution < 1.29 is 22.8 Å². The zero-order chi connectivity index (χ0) is 18.9. The van der Waals surface area contributed by atoms with Gasteiger partial charge in [-0.1, -0.05) is 0 Å². The van der Waals surface area contributed by atoms with E-state index in [0.29, 0.717) is 31.4 Å². The van der Waals surface area contributed by atoms with Crippen molar-refractivity contribution in [3.05, 3.63) is 29.3 Å². The summed E-state index contributed by atoms with van der Waals surface area (Å²) in [4.78, 5) is 25.0. The Labute approximate surface area is 148 Å². The van der Waals surface area contributed by atoms with Crippen molar-refractivity contribution in [3.8, 4) is 6.07 Å². The van der Waals surface area contributed by atoms with E-state index >= 15 is 0 Å². The van der Waals surface area contributed by atoms with Gasteiger partial charge in [0.2, 0.25) is 11.8 Å². The van der Waals surface area contributed by atoms with E-state index in [1.54, 1.807) is 6.07 Å². The van der Waals surface area contributed by atoms with Crippen molar-refractivity contribution in [2.75, 3.05) is 5.32 Å². The van der Waals surface area contributed by atoms with Crippen LogP contribution < -0.4 is 5.32 Å². The van der Waals surface area contributed by atoms with Gasteiger partial charge in [-0.15, -0.1) is 0 Å². The summed E-state index contributed by atoms with van der Waals surface area (Å²) in [6.45, 7) is 0. The minimum Gasteiger partial charge on any atom is -0.381 e. The number of benzene rings is 1. The Morgan fingerprint density at radius 1 is 1.08 bits per heavy atom. The third kappa shape index (κ3) is 3.66. The molecule has 8 heteroatoms. The highest BCUT2D eigenvalue weighted by Gasteiger charge is 2.37. The van der Waals surface area contributed by atoms with E-state index in [4.69, 9.17) is 5.26 Å². The van der Waals surface area contributed by atoms with Gasteiger partial charge in [-0.3, -0.25) is 14.5 Å². The summed E-state index contributed by atoms with van der Waals surface area (Å²) in [6.07, 6.45) is -1.30. The lowest BCUT2D eigenvalue weighted by atomic mass is 9.90. The van der Waals surface area contributed by atoms with Gasteiger partial charge in [-0.05, 0) is 43.9 Å². The second-order valence-electron chi connectivity index (χ2n) is 6.68. The highest BCUT2D eigenvalue weighted by atomic mass is 19.4. The Balaban J connectivity index is 1.64. The van der Waals surface area contributed by atoms with E-state index in [2.05, 4.69) is 5.32 Å². The largest absolute Gasteiger partial charge is 0.416 e. The van der Waals surface area contributed by atoms with Gasteiger partial charge in [0.05, 0.1) is 16.8 Å². The molecule has 1 heterocycles. The fraction of sp³-hybridized carbons (Fsp3) is 0.500. The number of likely N-dealkylation sites (tertiary alicyclic amines) is 1. The fourth-order valence-corrected chi connectivity index (χ4v) is 3.64. The molecule has 5 nitrogen and oxygen atoms in total. The molecule has 0 atom stereocenters. The lowest BCUT2D eigenvalue weighted by Crippen LogP contribution is -2.43. The second-order valence-corrected chi connectivity index (χ2v) is 6.68. The number of nitriles is 1. The molecule has 2 amide bonds. The minimum absolute atomic E-state index is 0.0112. The number of alkyl halides is 3. The number of anilines is 1.